The van der Waals surface area contributed by atoms with Crippen molar-refractivity contribution in [1.82, 2.24) is 15.3 Å². The van der Waals surface area contributed by atoms with E-state index in [1.807, 2.05) is 0 Å². The highest BCUT2D eigenvalue weighted by molar-refractivity contribution is 7.93. The van der Waals surface area contributed by atoms with Crippen LogP contribution in [-0.2, 0) is 26.0 Å². The van der Waals surface area contributed by atoms with E-state index in [2.05, 4.69) is 15.3 Å². The van der Waals surface area contributed by atoms with Gasteiger partial charge in [-0.3, -0.25) is 4.98 Å². The zero-order chi connectivity index (χ0) is 24.6. The van der Waals surface area contributed by atoms with Gasteiger partial charge in [0.05, 0.1) is 4.90 Å². The molecule has 0 saturated carbocycles. The molecule has 3 rings (SSSR count). The summed E-state index contributed by atoms with van der Waals surface area (Å²) >= 11 is 1.12. The molecule has 0 unspecified atom stereocenters. The highest BCUT2D eigenvalue weighted by Gasteiger charge is 2.27. The lowest BCUT2D eigenvalue weighted by atomic mass is 10.1. The van der Waals surface area contributed by atoms with Crippen molar-refractivity contribution in [2.24, 2.45) is 0 Å². The monoisotopic (exact) mass is 493 g/mol. The zero-order valence-electron chi connectivity index (χ0n) is 17.5. The molecule has 33 heavy (non-hydrogen) atoms. The van der Waals surface area contributed by atoms with Gasteiger partial charge in [0.1, 0.15) is 4.21 Å². The molecule has 3 aromatic rings. The van der Waals surface area contributed by atoms with E-state index in [0.717, 1.165) is 21.9 Å². The Bertz CT molecular complexity index is 1260. The van der Waals surface area contributed by atoms with Crippen LogP contribution in [0.1, 0.15) is 10.6 Å². The lowest BCUT2D eigenvalue weighted by molar-refractivity contribution is -0.134. The maximum atomic E-state index is 14.2. The van der Waals surface area contributed by atoms with Gasteiger partial charge in [0.25, 0.3) is 0 Å². The number of pyridine rings is 2. The van der Waals surface area contributed by atoms with Crippen LogP contribution in [0, 0.1) is 12.9 Å². The number of thiophene rings is 1. The molecule has 0 bridgehead atoms. The van der Waals surface area contributed by atoms with Crippen LogP contribution in [-0.4, -0.2) is 47.6 Å². The van der Waals surface area contributed by atoms with Crippen molar-refractivity contribution < 1.29 is 32.6 Å². The summed E-state index contributed by atoms with van der Waals surface area (Å²) in [6.07, 6.45) is 3.77. The van der Waals surface area contributed by atoms with E-state index in [4.69, 9.17) is 10.2 Å². The molecule has 0 aliphatic rings. The van der Waals surface area contributed by atoms with Gasteiger partial charge in [0.2, 0.25) is 15.8 Å². The summed E-state index contributed by atoms with van der Waals surface area (Å²) in [6.45, 7) is 2.27. The molecule has 0 amide bonds. The van der Waals surface area contributed by atoms with Gasteiger partial charge in [0.15, 0.2) is 0 Å². The molecule has 0 radical (unpaired) electrons. The molecule has 3 heterocycles. The highest BCUT2D eigenvalue weighted by Crippen LogP contribution is 2.38. The minimum absolute atomic E-state index is 0.0847. The standard InChI is InChI=1S/C17H16FN3O2S2.C4H4O4/c1-11-5-6-13(10-21-11)25(22,23)17-15(8-12(24-17)9-19-2)14-4-3-7-20-16(14)18;5-3(6)1-2-4(7)8/h3-8,10,19H,9H2,1-2H3;1-2H,(H,5,6)(H,7,8). The first-order chi connectivity index (χ1) is 15.6. The van der Waals surface area contributed by atoms with Crippen molar-refractivity contribution in [3.05, 3.63) is 71.4 Å². The molecule has 0 atom stereocenters. The summed E-state index contributed by atoms with van der Waals surface area (Å²) in [5, 5.41) is 18.6. The van der Waals surface area contributed by atoms with Crippen LogP contribution in [0.15, 0.2) is 64.0 Å². The lowest BCUT2D eigenvalue weighted by Gasteiger charge is -2.06. The Balaban J connectivity index is 0.000000414. The van der Waals surface area contributed by atoms with Crippen LogP contribution in [0.2, 0.25) is 0 Å². The molecule has 3 aromatic heterocycles. The SMILES string of the molecule is CNCc1cc(-c2cccnc2F)c(S(=O)(=O)c2ccc(C)nc2)s1.O=C(O)C=CC(=O)O. The number of carboxylic acids is 2. The molecule has 9 nitrogen and oxygen atoms in total. The predicted octanol–water partition coefficient (Wildman–Crippen LogP) is 2.92. The van der Waals surface area contributed by atoms with Crippen molar-refractivity contribution in [2.45, 2.75) is 22.6 Å². The van der Waals surface area contributed by atoms with Crippen LogP contribution < -0.4 is 5.32 Å². The lowest BCUT2D eigenvalue weighted by Crippen LogP contribution is -2.03. The summed E-state index contributed by atoms with van der Waals surface area (Å²) < 4.78 is 40.4. The number of hydrogen-bond acceptors (Lipinski definition) is 8. The Morgan fingerprint density at radius 1 is 1.12 bits per heavy atom. The Labute approximate surface area is 193 Å². The Hall–Kier alpha value is -3.48. The van der Waals surface area contributed by atoms with Gasteiger partial charge < -0.3 is 15.5 Å². The van der Waals surface area contributed by atoms with Gasteiger partial charge in [-0.2, -0.15) is 4.39 Å². The molecular formula is C21H20FN3O6S2. The van der Waals surface area contributed by atoms with Crippen molar-refractivity contribution in [3.8, 4) is 11.1 Å². The van der Waals surface area contributed by atoms with Gasteiger partial charge in [-0.15, -0.1) is 11.3 Å². The van der Waals surface area contributed by atoms with Crippen LogP contribution in [0.25, 0.3) is 11.1 Å². The summed E-state index contributed by atoms with van der Waals surface area (Å²) in [7, 11) is -2.05. The first kappa shape index (κ1) is 25.8. The number of nitrogens with zero attached hydrogens (tertiary/aromatic N) is 2. The Morgan fingerprint density at radius 2 is 1.79 bits per heavy atom. The topological polar surface area (TPSA) is 147 Å². The predicted molar refractivity (Wildman–Crippen MR) is 119 cm³/mol. The molecule has 0 fully saturated rings. The number of halogens is 1. The third-order valence-corrected chi connectivity index (χ3v) is 7.36. The van der Waals surface area contributed by atoms with Crippen molar-refractivity contribution in [3.63, 3.8) is 0 Å². The van der Waals surface area contributed by atoms with E-state index < -0.39 is 27.7 Å². The average molecular weight is 494 g/mol. The maximum Gasteiger partial charge on any atom is 0.328 e. The molecule has 12 heteroatoms. The summed E-state index contributed by atoms with van der Waals surface area (Å²) in [4.78, 5) is 27.7. The second kappa shape index (κ2) is 11.4. The van der Waals surface area contributed by atoms with E-state index in [0.29, 0.717) is 24.3 Å². The quantitative estimate of drug-likeness (QED) is 0.334. The fraction of sp³-hybridized carbons (Fsp3) is 0.143. The first-order valence-electron chi connectivity index (χ1n) is 9.26. The zero-order valence-corrected chi connectivity index (χ0v) is 19.2. The number of aliphatic carboxylic acids is 2. The van der Waals surface area contributed by atoms with Crippen LogP contribution in [0.5, 0.6) is 0 Å². The minimum atomic E-state index is -3.81. The summed E-state index contributed by atoms with van der Waals surface area (Å²) in [5.74, 6) is -3.21. The minimum Gasteiger partial charge on any atom is -0.478 e. The Morgan fingerprint density at radius 3 is 2.30 bits per heavy atom. The van der Waals surface area contributed by atoms with Crippen LogP contribution in [0.4, 0.5) is 4.39 Å². The number of rotatable bonds is 7. The molecular weight excluding hydrogens is 473 g/mol. The fourth-order valence-electron chi connectivity index (χ4n) is 2.52. The number of aromatic nitrogens is 2. The normalized spacial score (nSPS) is 11.1. The van der Waals surface area contributed by atoms with Crippen LogP contribution >= 0.6 is 11.3 Å². The second-order valence-corrected chi connectivity index (χ2v) is 9.72. The molecule has 0 aliphatic heterocycles. The van der Waals surface area contributed by atoms with Crippen molar-refractivity contribution in [1.29, 1.82) is 0 Å². The van der Waals surface area contributed by atoms with E-state index in [9.17, 15) is 22.4 Å². The molecule has 0 spiro atoms. The van der Waals surface area contributed by atoms with Crippen molar-refractivity contribution >= 4 is 33.1 Å². The largest absolute Gasteiger partial charge is 0.478 e. The second-order valence-electron chi connectivity index (χ2n) is 6.43. The number of nitrogens with one attached hydrogen (secondary N) is 1. The molecule has 3 N–H and O–H groups in total. The molecule has 0 aliphatic carbocycles. The number of sulfone groups is 1. The number of hydrogen-bond donors (Lipinski definition) is 3. The third kappa shape index (κ3) is 7.00. The maximum absolute atomic E-state index is 14.2. The highest BCUT2D eigenvalue weighted by atomic mass is 32.2. The molecule has 0 saturated heterocycles. The fourth-order valence-corrected chi connectivity index (χ4v) is 5.59. The smallest absolute Gasteiger partial charge is 0.328 e. The van der Waals surface area contributed by atoms with Gasteiger partial charge in [-0.05, 0) is 44.3 Å². The van der Waals surface area contributed by atoms with Gasteiger partial charge >= 0.3 is 11.9 Å². The molecule has 0 aromatic carbocycles. The average Bonchev–Trinajstić information content (AvgIpc) is 3.18. The van der Waals surface area contributed by atoms with E-state index in [1.54, 1.807) is 32.2 Å². The number of aryl methyl sites for hydroxylation is 1. The van der Waals surface area contributed by atoms with E-state index in [1.165, 1.54) is 24.5 Å². The number of carbonyl (C=O) groups is 2. The van der Waals surface area contributed by atoms with Gasteiger partial charge in [0, 0.05) is 52.8 Å². The van der Waals surface area contributed by atoms with Crippen LogP contribution in [0.3, 0.4) is 0 Å². The summed E-state index contributed by atoms with van der Waals surface area (Å²) in [6, 6.07) is 7.95. The molecule has 174 valence electrons. The van der Waals surface area contributed by atoms with Gasteiger partial charge in [-0.25, -0.2) is 23.0 Å². The van der Waals surface area contributed by atoms with Crippen molar-refractivity contribution in [2.75, 3.05) is 7.05 Å². The van der Waals surface area contributed by atoms with E-state index in [-0.39, 0.29) is 14.7 Å². The third-order valence-electron chi connectivity index (χ3n) is 3.96. The Kier molecular flexibility index (Phi) is 8.91. The number of carboxylic acid groups (broad SMARTS) is 2. The van der Waals surface area contributed by atoms with E-state index >= 15 is 0 Å². The first-order valence-corrected chi connectivity index (χ1v) is 11.6. The van der Waals surface area contributed by atoms with Gasteiger partial charge in [-0.1, -0.05) is 0 Å². The summed E-state index contributed by atoms with van der Waals surface area (Å²) in [5.41, 5.74) is 1.21.